The van der Waals surface area contributed by atoms with Crippen LogP contribution in [-0.4, -0.2) is 33.4 Å². The molecule has 1 aliphatic rings. The average molecular weight is 341 g/mol. The lowest BCUT2D eigenvalue weighted by Crippen LogP contribution is -2.19. The van der Waals surface area contributed by atoms with Crippen LogP contribution in [0.4, 0.5) is 0 Å². The summed E-state index contributed by atoms with van der Waals surface area (Å²) in [7, 11) is 0. The molecule has 0 spiro atoms. The molecule has 1 aromatic carbocycles. The first-order valence-corrected chi connectivity index (χ1v) is 10.3. The van der Waals surface area contributed by atoms with E-state index in [0.29, 0.717) is 23.4 Å². The highest BCUT2D eigenvalue weighted by atomic mass is 32.2. The maximum atomic E-state index is 9.09. The van der Waals surface area contributed by atoms with Crippen LogP contribution in [0.15, 0.2) is 30.3 Å². The van der Waals surface area contributed by atoms with Crippen LogP contribution in [0.1, 0.15) is 44.6 Å². The van der Waals surface area contributed by atoms with Crippen LogP contribution in [0.5, 0.6) is 0 Å². The maximum absolute atomic E-state index is 9.09. The second kappa shape index (κ2) is 9.86. The lowest BCUT2D eigenvalue weighted by atomic mass is 10.1. The Morgan fingerprint density at radius 2 is 1.82 bits per heavy atom. The molecule has 1 fully saturated rings. The van der Waals surface area contributed by atoms with Gasteiger partial charge in [0, 0.05) is 18.1 Å². The number of benzene rings is 1. The van der Waals surface area contributed by atoms with Crippen molar-refractivity contribution in [1.29, 1.82) is 0 Å². The summed E-state index contributed by atoms with van der Waals surface area (Å²) in [5.41, 5.74) is 1.25. The van der Waals surface area contributed by atoms with Gasteiger partial charge in [-0.1, -0.05) is 30.3 Å². The van der Waals surface area contributed by atoms with Gasteiger partial charge >= 0.3 is 0 Å². The zero-order chi connectivity index (χ0) is 15.7. The number of rotatable bonds is 10. The summed E-state index contributed by atoms with van der Waals surface area (Å²) in [6.07, 6.45) is 5.95. The van der Waals surface area contributed by atoms with E-state index in [0.717, 1.165) is 19.3 Å². The summed E-state index contributed by atoms with van der Waals surface area (Å²) in [6, 6.07) is 10.4. The molecular formula is C18H28O2S2. The number of hydrogen-bond donors (Lipinski definition) is 1. The summed E-state index contributed by atoms with van der Waals surface area (Å²) in [5, 5.41) is 9.09. The van der Waals surface area contributed by atoms with Crippen LogP contribution < -0.4 is 0 Å². The molecule has 0 amide bonds. The molecule has 4 heteroatoms. The molecule has 1 atom stereocenters. The largest absolute Gasteiger partial charge is 0.396 e. The number of ether oxygens (including phenoxy) is 1. The van der Waals surface area contributed by atoms with Gasteiger partial charge in [-0.15, -0.1) is 23.5 Å². The molecule has 2 nitrogen and oxygen atoms in total. The summed E-state index contributed by atoms with van der Waals surface area (Å²) in [6.45, 7) is 3.21. The molecule has 1 N–H and O–H groups in total. The van der Waals surface area contributed by atoms with Crippen LogP contribution in [0, 0.1) is 0 Å². The first-order valence-electron chi connectivity index (χ1n) is 8.28. The molecule has 0 aliphatic carbocycles. The van der Waals surface area contributed by atoms with Crippen LogP contribution in [0.25, 0.3) is 0 Å². The van der Waals surface area contributed by atoms with Crippen molar-refractivity contribution >= 4 is 23.5 Å². The molecule has 1 aliphatic heterocycles. The van der Waals surface area contributed by atoms with Crippen molar-refractivity contribution in [3.63, 3.8) is 0 Å². The Balaban J connectivity index is 1.66. The Bertz CT molecular complexity index is 405. The van der Waals surface area contributed by atoms with Crippen molar-refractivity contribution in [1.82, 2.24) is 0 Å². The molecule has 0 saturated carbocycles. The Morgan fingerprint density at radius 3 is 2.50 bits per heavy atom. The first kappa shape index (κ1) is 18.2. The molecule has 1 aromatic rings. The van der Waals surface area contributed by atoms with Crippen molar-refractivity contribution in [2.45, 2.75) is 55.8 Å². The third-order valence-electron chi connectivity index (χ3n) is 4.08. The van der Waals surface area contributed by atoms with Gasteiger partial charge in [0.05, 0.1) is 16.8 Å². The Morgan fingerprint density at radius 1 is 1.14 bits per heavy atom. The highest BCUT2D eigenvalue weighted by Gasteiger charge is 2.34. The van der Waals surface area contributed by atoms with Crippen LogP contribution in [0.2, 0.25) is 0 Å². The van der Waals surface area contributed by atoms with Gasteiger partial charge in [-0.3, -0.25) is 0 Å². The fourth-order valence-electron chi connectivity index (χ4n) is 2.81. The van der Waals surface area contributed by atoms with Gasteiger partial charge in [0.1, 0.15) is 0 Å². The van der Waals surface area contributed by atoms with E-state index in [-0.39, 0.29) is 0 Å². The third kappa shape index (κ3) is 6.15. The van der Waals surface area contributed by atoms with E-state index in [1.165, 1.54) is 29.9 Å². The standard InChI is InChI=1S/C18H28O2S2/c1-16(20-15-17-8-3-2-4-9-17)7-5-10-18(11-6-12-19)21-13-14-22-18/h2-4,8-9,16,19H,5-7,10-15H2,1H3/t16-/m1/s1. The molecule has 0 radical (unpaired) electrons. The number of aliphatic hydroxyl groups excluding tert-OH is 1. The summed E-state index contributed by atoms with van der Waals surface area (Å²) >= 11 is 4.21. The Hall–Kier alpha value is -0.160. The molecule has 0 aromatic heterocycles. The smallest absolute Gasteiger partial charge is 0.0720 e. The molecule has 1 heterocycles. The minimum Gasteiger partial charge on any atom is -0.396 e. The van der Waals surface area contributed by atoms with Gasteiger partial charge < -0.3 is 9.84 Å². The summed E-state index contributed by atoms with van der Waals surface area (Å²) in [4.78, 5) is 0. The van der Waals surface area contributed by atoms with E-state index in [1.54, 1.807) is 0 Å². The van der Waals surface area contributed by atoms with Gasteiger partial charge in [0.15, 0.2) is 0 Å². The minimum absolute atomic E-state index is 0.312. The highest BCUT2D eigenvalue weighted by molar-refractivity contribution is 8.21. The molecular weight excluding hydrogens is 312 g/mol. The van der Waals surface area contributed by atoms with E-state index < -0.39 is 0 Å². The van der Waals surface area contributed by atoms with Crippen molar-refractivity contribution in [3.8, 4) is 0 Å². The van der Waals surface area contributed by atoms with E-state index in [1.807, 2.05) is 6.07 Å². The predicted octanol–water partition coefficient (Wildman–Crippen LogP) is 4.71. The average Bonchev–Trinajstić information content (AvgIpc) is 3.01. The Kier molecular flexibility index (Phi) is 8.15. The maximum Gasteiger partial charge on any atom is 0.0720 e. The number of hydrogen-bond acceptors (Lipinski definition) is 4. The molecule has 22 heavy (non-hydrogen) atoms. The first-order chi connectivity index (χ1) is 10.7. The van der Waals surface area contributed by atoms with Crippen molar-refractivity contribution < 1.29 is 9.84 Å². The van der Waals surface area contributed by atoms with E-state index >= 15 is 0 Å². The fraction of sp³-hybridized carbons (Fsp3) is 0.667. The molecule has 0 unspecified atom stereocenters. The van der Waals surface area contributed by atoms with Crippen LogP contribution in [-0.2, 0) is 11.3 Å². The van der Waals surface area contributed by atoms with Gasteiger partial charge in [-0.05, 0) is 44.6 Å². The van der Waals surface area contributed by atoms with E-state index in [9.17, 15) is 0 Å². The minimum atomic E-state index is 0.312. The normalized spacial score (nSPS) is 18.5. The Labute approximate surface area is 143 Å². The number of thioether (sulfide) groups is 2. The van der Waals surface area contributed by atoms with Crippen LogP contribution in [0.3, 0.4) is 0 Å². The quantitative estimate of drug-likeness (QED) is 0.668. The topological polar surface area (TPSA) is 29.5 Å². The molecule has 1 saturated heterocycles. The lowest BCUT2D eigenvalue weighted by molar-refractivity contribution is 0.0458. The van der Waals surface area contributed by atoms with Crippen LogP contribution >= 0.6 is 23.5 Å². The number of aliphatic hydroxyl groups is 1. The van der Waals surface area contributed by atoms with Gasteiger partial charge in [-0.2, -0.15) is 0 Å². The zero-order valence-electron chi connectivity index (χ0n) is 13.5. The van der Waals surface area contributed by atoms with Crippen molar-refractivity contribution in [2.24, 2.45) is 0 Å². The summed E-state index contributed by atoms with van der Waals surface area (Å²) in [5.74, 6) is 2.52. The van der Waals surface area contributed by atoms with Gasteiger partial charge in [-0.25, -0.2) is 0 Å². The zero-order valence-corrected chi connectivity index (χ0v) is 15.1. The van der Waals surface area contributed by atoms with Gasteiger partial charge in [0.2, 0.25) is 0 Å². The van der Waals surface area contributed by atoms with Crippen molar-refractivity contribution in [2.75, 3.05) is 18.1 Å². The SMILES string of the molecule is C[C@H](CCCC1(CCCO)SCCS1)OCc1ccccc1. The third-order valence-corrected chi connectivity index (χ3v) is 7.73. The molecule has 0 bridgehead atoms. The second-order valence-electron chi connectivity index (χ2n) is 5.93. The predicted molar refractivity (Wildman–Crippen MR) is 98.5 cm³/mol. The molecule has 2 rings (SSSR count). The van der Waals surface area contributed by atoms with Crippen molar-refractivity contribution in [3.05, 3.63) is 35.9 Å². The lowest BCUT2D eigenvalue weighted by Gasteiger charge is -2.27. The second-order valence-corrected chi connectivity index (χ2v) is 9.15. The van der Waals surface area contributed by atoms with E-state index in [2.05, 4.69) is 54.7 Å². The fourth-order valence-corrected chi connectivity index (χ4v) is 6.21. The molecule has 124 valence electrons. The highest BCUT2D eigenvalue weighted by Crippen LogP contribution is 2.50. The van der Waals surface area contributed by atoms with E-state index in [4.69, 9.17) is 9.84 Å². The monoisotopic (exact) mass is 340 g/mol. The summed E-state index contributed by atoms with van der Waals surface area (Å²) < 4.78 is 6.32. The van der Waals surface area contributed by atoms with Gasteiger partial charge in [0.25, 0.3) is 0 Å².